The lowest BCUT2D eigenvalue weighted by Gasteiger charge is -2.27. The second-order valence-electron chi connectivity index (χ2n) is 3.97. The summed E-state index contributed by atoms with van der Waals surface area (Å²) in [5.41, 5.74) is 1.43. The van der Waals surface area contributed by atoms with Crippen molar-refractivity contribution < 1.29 is 4.79 Å². The van der Waals surface area contributed by atoms with Gasteiger partial charge < -0.3 is 0 Å². The Morgan fingerprint density at radius 1 is 1.36 bits per heavy atom. The molecule has 0 aromatic rings. The maximum absolute atomic E-state index is 11.0. The predicted octanol–water partition coefficient (Wildman–Crippen LogP) is 2.74. The molecule has 1 nitrogen and oxygen atoms in total. The molecule has 0 unspecified atom stereocenters. The third kappa shape index (κ3) is 3.06. The molecule has 0 atom stereocenters. The topological polar surface area (TPSA) is 17.1 Å². The van der Waals surface area contributed by atoms with Crippen LogP contribution in [0.1, 0.15) is 33.6 Å². The molecule has 11 heavy (non-hydrogen) atoms. The maximum Gasteiger partial charge on any atom is 0.156 e. The van der Waals surface area contributed by atoms with E-state index in [9.17, 15) is 4.79 Å². The molecule has 1 aliphatic carbocycles. The van der Waals surface area contributed by atoms with Gasteiger partial charge in [-0.25, -0.2) is 0 Å². The van der Waals surface area contributed by atoms with Crippen LogP contribution in [0.5, 0.6) is 0 Å². The first kappa shape index (κ1) is 10.7. The summed E-state index contributed by atoms with van der Waals surface area (Å²) in [4.78, 5) is 11.0. The van der Waals surface area contributed by atoms with Gasteiger partial charge in [-0.3, -0.25) is 4.79 Å². The summed E-state index contributed by atoms with van der Waals surface area (Å²) >= 11 is 0. The van der Waals surface area contributed by atoms with Gasteiger partial charge in [0.05, 0.1) is 0 Å². The van der Waals surface area contributed by atoms with E-state index in [4.69, 9.17) is 0 Å². The zero-order chi connectivity index (χ0) is 7.78. The van der Waals surface area contributed by atoms with Gasteiger partial charge in [0.25, 0.3) is 0 Å². The molecule has 0 aromatic carbocycles. The van der Waals surface area contributed by atoms with E-state index in [2.05, 4.69) is 13.8 Å². The number of ketones is 1. The zero-order valence-electron chi connectivity index (χ0n) is 7.31. The molecular formula is C9H15ClO. The smallest absolute Gasteiger partial charge is 0.156 e. The number of rotatable bonds is 0. The van der Waals surface area contributed by atoms with Crippen LogP contribution in [0.25, 0.3) is 0 Å². The van der Waals surface area contributed by atoms with Gasteiger partial charge >= 0.3 is 0 Å². The molecule has 0 saturated heterocycles. The van der Waals surface area contributed by atoms with Gasteiger partial charge in [-0.15, -0.1) is 12.4 Å². The fraction of sp³-hybridized carbons (Fsp3) is 0.667. The Balaban J connectivity index is 0.000001000. The van der Waals surface area contributed by atoms with Crippen LogP contribution >= 0.6 is 12.4 Å². The van der Waals surface area contributed by atoms with Gasteiger partial charge in [0.15, 0.2) is 5.78 Å². The van der Waals surface area contributed by atoms with Gasteiger partial charge in [0.2, 0.25) is 0 Å². The number of carbonyl (C=O) groups is 1. The summed E-state index contributed by atoms with van der Waals surface area (Å²) in [6.07, 6.45) is 3.55. The van der Waals surface area contributed by atoms with E-state index in [1.165, 1.54) is 5.57 Å². The van der Waals surface area contributed by atoms with E-state index in [0.717, 1.165) is 6.42 Å². The Morgan fingerprint density at radius 3 is 2.27 bits per heavy atom. The Morgan fingerprint density at radius 2 is 1.91 bits per heavy atom. The SMILES string of the molecule is CC1=CC(=O)CC(C)(C)C1.Cl. The van der Waals surface area contributed by atoms with Crippen LogP contribution in [0.4, 0.5) is 0 Å². The minimum Gasteiger partial charge on any atom is -0.295 e. The highest BCUT2D eigenvalue weighted by atomic mass is 35.5. The fourth-order valence-corrected chi connectivity index (χ4v) is 1.67. The van der Waals surface area contributed by atoms with E-state index in [0.29, 0.717) is 6.42 Å². The Labute approximate surface area is 74.3 Å². The summed E-state index contributed by atoms with van der Waals surface area (Å²) in [5, 5.41) is 0. The van der Waals surface area contributed by atoms with Gasteiger partial charge in [0.1, 0.15) is 0 Å². The highest BCUT2D eigenvalue weighted by Crippen LogP contribution is 2.32. The molecule has 0 N–H and O–H groups in total. The van der Waals surface area contributed by atoms with Gasteiger partial charge in [-0.2, -0.15) is 0 Å². The Bertz CT molecular complexity index is 192. The number of hydrogen-bond donors (Lipinski definition) is 0. The van der Waals surface area contributed by atoms with Crippen LogP contribution in [0.15, 0.2) is 11.6 Å². The molecule has 1 rings (SSSR count). The highest BCUT2D eigenvalue weighted by molar-refractivity contribution is 5.91. The summed E-state index contributed by atoms with van der Waals surface area (Å²) in [5.74, 6) is 0.286. The molecule has 0 spiro atoms. The zero-order valence-corrected chi connectivity index (χ0v) is 8.12. The van der Waals surface area contributed by atoms with Crippen molar-refractivity contribution in [1.82, 2.24) is 0 Å². The minimum absolute atomic E-state index is 0. The third-order valence-electron chi connectivity index (χ3n) is 1.82. The lowest BCUT2D eigenvalue weighted by molar-refractivity contribution is -0.117. The van der Waals surface area contributed by atoms with Crippen molar-refractivity contribution in [2.24, 2.45) is 5.41 Å². The van der Waals surface area contributed by atoms with Crippen molar-refractivity contribution in [1.29, 1.82) is 0 Å². The molecule has 0 amide bonds. The van der Waals surface area contributed by atoms with Crippen molar-refractivity contribution in [2.45, 2.75) is 33.6 Å². The quantitative estimate of drug-likeness (QED) is 0.552. The standard InChI is InChI=1S/C9H14O.ClH/c1-7-4-8(10)6-9(2,3)5-7;/h4H,5-6H2,1-3H3;1H. The van der Waals surface area contributed by atoms with Crippen LogP contribution in [0.3, 0.4) is 0 Å². The third-order valence-corrected chi connectivity index (χ3v) is 1.82. The minimum atomic E-state index is 0. The van der Waals surface area contributed by atoms with Crippen molar-refractivity contribution in [3.8, 4) is 0 Å². The molecule has 0 heterocycles. The number of hydrogen-bond acceptors (Lipinski definition) is 1. The van der Waals surface area contributed by atoms with E-state index in [1.807, 2.05) is 6.92 Å². The average Bonchev–Trinajstić information content (AvgIpc) is 1.54. The average molecular weight is 175 g/mol. The van der Waals surface area contributed by atoms with Crippen LogP contribution < -0.4 is 0 Å². The van der Waals surface area contributed by atoms with Crippen LogP contribution in [0, 0.1) is 5.41 Å². The second-order valence-corrected chi connectivity index (χ2v) is 3.97. The van der Waals surface area contributed by atoms with Gasteiger partial charge in [-0.05, 0) is 24.8 Å². The van der Waals surface area contributed by atoms with Crippen LogP contribution in [-0.4, -0.2) is 5.78 Å². The lowest BCUT2D eigenvalue weighted by atomic mass is 9.77. The summed E-state index contributed by atoms with van der Waals surface area (Å²) < 4.78 is 0. The van der Waals surface area contributed by atoms with E-state index < -0.39 is 0 Å². The van der Waals surface area contributed by atoms with Crippen LogP contribution in [-0.2, 0) is 4.79 Å². The maximum atomic E-state index is 11.0. The molecule has 0 bridgehead atoms. The first-order valence-electron chi connectivity index (χ1n) is 3.70. The highest BCUT2D eigenvalue weighted by Gasteiger charge is 2.25. The van der Waals surface area contributed by atoms with Crippen molar-refractivity contribution in [2.75, 3.05) is 0 Å². The number of allylic oxidation sites excluding steroid dienone is 2. The monoisotopic (exact) mass is 174 g/mol. The molecule has 1 aliphatic rings. The van der Waals surface area contributed by atoms with Gasteiger partial charge in [0, 0.05) is 6.42 Å². The van der Waals surface area contributed by atoms with E-state index in [-0.39, 0.29) is 23.6 Å². The molecule has 0 radical (unpaired) electrons. The Hall–Kier alpha value is -0.300. The fourth-order valence-electron chi connectivity index (χ4n) is 1.67. The molecule has 0 saturated carbocycles. The summed E-state index contributed by atoms with van der Waals surface area (Å²) in [6, 6.07) is 0. The number of carbonyl (C=O) groups excluding carboxylic acids is 1. The molecule has 2 heteroatoms. The van der Waals surface area contributed by atoms with Gasteiger partial charge in [-0.1, -0.05) is 19.4 Å². The first-order valence-corrected chi connectivity index (χ1v) is 3.70. The normalized spacial score (nSPS) is 22.1. The second kappa shape index (κ2) is 3.40. The molecule has 0 fully saturated rings. The van der Waals surface area contributed by atoms with Crippen molar-refractivity contribution in [3.05, 3.63) is 11.6 Å². The molecule has 0 aromatic heterocycles. The van der Waals surface area contributed by atoms with Crippen molar-refractivity contribution >= 4 is 18.2 Å². The first-order chi connectivity index (χ1) is 4.49. The Kier molecular flexibility index (Phi) is 3.30. The molecule has 64 valence electrons. The summed E-state index contributed by atoms with van der Waals surface area (Å²) in [6.45, 7) is 6.31. The van der Waals surface area contributed by atoms with Crippen molar-refractivity contribution in [3.63, 3.8) is 0 Å². The number of halogens is 1. The predicted molar refractivity (Wildman–Crippen MR) is 49.0 cm³/mol. The van der Waals surface area contributed by atoms with E-state index in [1.54, 1.807) is 6.08 Å². The largest absolute Gasteiger partial charge is 0.295 e. The lowest BCUT2D eigenvalue weighted by Crippen LogP contribution is -2.20. The molecular weight excluding hydrogens is 160 g/mol. The molecule has 0 aliphatic heterocycles. The van der Waals surface area contributed by atoms with Crippen LogP contribution in [0.2, 0.25) is 0 Å². The summed E-state index contributed by atoms with van der Waals surface area (Å²) in [7, 11) is 0. The van der Waals surface area contributed by atoms with E-state index >= 15 is 0 Å².